The standard InChI is InChI=1S/C25H21N4S.C22H18N4O.C20H20N5.C15H8FN4S.C12H12N5S.5Ir/c1-15-10-11-21(22-24(15)30-14-26-22)25-27-18(4)28-29(25)23-16(2)12-20(13-17(23)3)19-8-6-5-7-9-19;1-14-11-15(2)21(16(3)12-14)26-22(24-19-9-4-5-10-25(19)26)17-7-6-8-18-20(17)23-13-27-18;1-12-9-10-16(19-17(12)23-15(4)24(19)5)20-21-11-22-25(20)18-13(2)7-6-8-14(18)3;16-15-18-14(20(19-15)10-5-2-1-3-6-10)11-7-4-8-12-13(11)17-9-21-12;1-12(2,3)17-11(14-6-16-17)8-4-13-5-9-10(8)15-7-18-9;;;;;/h5-10,12-14H,1-4H3;4-6,8-13H,1-3H3;6-9,11H,1-5H3;1-6,8-9H;5-7H,1-3H3;;;;;/q-1;;3*-1;;;;;. The number of oxazole rings is 1. The van der Waals surface area contributed by atoms with Crippen molar-refractivity contribution in [2.75, 3.05) is 0 Å². The number of pyridine rings is 2. The molecule has 9 aromatic carbocycles. The number of imidazole rings is 1. The molecule has 0 bridgehead atoms. The number of rotatable bonds is 10. The molecule has 23 nitrogen and oxygen atoms in total. The van der Waals surface area contributed by atoms with E-state index in [-0.39, 0.29) is 106 Å². The summed E-state index contributed by atoms with van der Waals surface area (Å²) in [6.07, 6.45) is 10.6. The Morgan fingerprint density at radius 1 is 0.452 bits per heavy atom. The van der Waals surface area contributed by atoms with E-state index in [0.29, 0.717) is 11.4 Å². The van der Waals surface area contributed by atoms with Crippen LogP contribution in [-0.4, -0.2) is 103 Å². The third kappa shape index (κ3) is 18.6. The summed E-state index contributed by atoms with van der Waals surface area (Å²) in [6.45, 7) is 29.2. The Morgan fingerprint density at radius 3 is 1.76 bits per heavy atom. The number of nitrogens with zero attached hydrogens (tertiary/aromatic N) is 22. The van der Waals surface area contributed by atoms with Crippen LogP contribution in [0.25, 0.3) is 149 Å². The number of fused-ring (bicyclic) bond motifs is 6. The summed E-state index contributed by atoms with van der Waals surface area (Å²) >= 11 is 4.73. The molecule has 0 spiro atoms. The van der Waals surface area contributed by atoms with Crippen LogP contribution in [0.1, 0.15) is 82.5 Å². The Bertz CT molecular complexity index is 7380. The number of para-hydroxylation sites is 2. The summed E-state index contributed by atoms with van der Waals surface area (Å²) in [5.74, 6) is 5.20. The molecular weight excluding hydrogens is 2530 g/mol. The number of aromatic nitrogens is 22. The van der Waals surface area contributed by atoms with Gasteiger partial charge in [0.1, 0.15) is 24.7 Å². The van der Waals surface area contributed by atoms with E-state index < -0.39 is 6.08 Å². The molecule has 21 aromatic rings. The van der Waals surface area contributed by atoms with E-state index in [2.05, 4.69) is 249 Å². The molecule has 5 radical (unpaired) electrons. The van der Waals surface area contributed by atoms with Crippen LogP contribution in [0.2, 0.25) is 0 Å². The van der Waals surface area contributed by atoms with Gasteiger partial charge in [0.2, 0.25) is 5.82 Å². The Morgan fingerprint density at radius 2 is 1.05 bits per heavy atom. The van der Waals surface area contributed by atoms with Crippen LogP contribution in [0.15, 0.2) is 210 Å². The number of hydrogen-bond donors (Lipinski definition) is 0. The Labute approximate surface area is 806 Å². The Kier molecular flexibility index (Phi) is 29.9. The fraction of sp³-hybridized carbons (Fsp3) is 0.170. The van der Waals surface area contributed by atoms with Crippen LogP contribution in [0, 0.1) is 113 Å². The van der Waals surface area contributed by atoms with Crippen LogP contribution < -0.4 is 4.52 Å². The molecule has 0 saturated carbocycles. The predicted molar refractivity (Wildman–Crippen MR) is 474 cm³/mol. The van der Waals surface area contributed by atoms with Crippen molar-refractivity contribution >= 4 is 92.4 Å². The predicted octanol–water partition coefficient (Wildman–Crippen LogP) is 20.2. The first-order valence-corrected chi connectivity index (χ1v) is 41.5. The van der Waals surface area contributed by atoms with Crippen LogP contribution in [0.3, 0.4) is 0 Å². The summed E-state index contributed by atoms with van der Waals surface area (Å²) in [5.41, 5.74) is 33.3. The molecule has 0 N–H and O–H groups in total. The van der Waals surface area contributed by atoms with Crippen molar-refractivity contribution in [1.82, 2.24) is 103 Å². The van der Waals surface area contributed by atoms with E-state index >= 15 is 0 Å². The van der Waals surface area contributed by atoms with Gasteiger partial charge in [0.05, 0.1) is 74.0 Å². The zero-order valence-electron chi connectivity index (χ0n) is 70.6. The second kappa shape index (κ2) is 40.0. The van der Waals surface area contributed by atoms with E-state index in [1.165, 1.54) is 60.5 Å². The quantitative estimate of drug-likeness (QED) is 0.0913. The number of aryl methyl sites for hydroxylation is 12. The average molecular weight is 2610 g/mol. The molecule has 0 amide bonds. The van der Waals surface area contributed by atoms with Crippen LogP contribution in [-0.2, 0) is 113 Å². The van der Waals surface area contributed by atoms with Gasteiger partial charge in [-0.15, -0.1) is 109 Å². The maximum atomic E-state index is 13.6. The van der Waals surface area contributed by atoms with Gasteiger partial charge in [-0.25, -0.2) is 4.98 Å². The fourth-order valence-corrected chi connectivity index (χ4v) is 17.3. The van der Waals surface area contributed by atoms with Crippen molar-refractivity contribution in [2.45, 2.75) is 102 Å². The summed E-state index contributed by atoms with van der Waals surface area (Å²) in [4.78, 5) is 49.0. The summed E-state index contributed by atoms with van der Waals surface area (Å²) in [5, 5.41) is 17.4. The molecule has 21 rings (SSSR count). The van der Waals surface area contributed by atoms with Crippen molar-refractivity contribution in [1.29, 1.82) is 0 Å². The van der Waals surface area contributed by atoms with Gasteiger partial charge in [-0.05, 0) is 195 Å². The average Bonchev–Trinajstić information content (AvgIpc) is 1.61. The van der Waals surface area contributed by atoms with Crippen LogP contribution in [0.4, 0.5) is 4.39 Å². The number of halogens is 1. The van der Waals surface area contributed by atoms with Gasteiger partial charge in [-0.2, -0.15) is 24.4 Å². The van der Waals surface area contributed by atoms with Gasteiger partial charge >= 0.3 is 11.7 Å². The topological polar surface area (TPSA) is 240 Å². The van der Waals surface area contributed by atoms with Crippen molar-refractivity contribution < 1.29 is 114 Å². The molecule has 32 heteroatoms. The van der Waals surface area contributed by atoms with Gasteiger partial charge in [-0.3, -0.25) is 58.6 Å². The largest absolute Gasteiger partial charge is 0.464 e. The molecule has 0 unspecified atom stereocenters. The van der Waals surface area contributed by atoms with Crippen molar-refractivity contribution in [3.05, 3.63) is 304 Å². The summed E-state index contributed by atoms with van der Waals surface area (Å²) < 4.78 is 35.8. The molecule has 12 heterocycles. The van der Waals surface area contributed by atoms with Crippen LogP contribution >= 0.6 is 34.0 Å². The first-order valence-electron chi connectivity index (χ1n) is 38.9. The van der Waals surface area contributed by atoms with E-state index in [9.17, 15) is 4.39 Å². The minimum absolute atomic E-state index is 0. The normalized spacial score (nSPS) is 11.0. The second-order valence-corrected chi connectivity index (χ2v) is 32.9. The second-order valence-electron chi connectivity index (χ2n) is 30.3. The first-order chi connectivity index (χ1) is 58.5. The molecule has 0 aliphatic rings. The number of benzene rings is 9. The Hall–Kier alpha value is -10.9. The first kappa shape index (κ1) is 94.2. The molecule has 0 aliphatic carbocycles. The third-order valence-electron chi connectivity index (χ3n) is 20.6. The number of hydrogen-bond acceptors (Lipinski definition) is 19. The molecule has 0 atom stereocenters. The molecule has 126 heavy (non-hydrogen) atoms. The SMILES string of the molecule is CC(C)(C)n1ncnc1-c1[c-]ncc2scnc12.Cc1cc(C)c(-n2c(-c3[c-]ccc4ocnc34)nc3cccc[n+]32)c(C)c1.Cc1cccc(C)c1-n1ncnc1-c1[c-]cc(C)c2nc(C)n(C)c12.Cc1nc(-c2[c-]cc(C)c3scnc23)n(-c2c(C)cc(-c3ccccc3)cc2C)n1.Fc1nc(-c2[c-]ccc3scnc23)n(-c2ccccc2)n1.[Ir].[Ir].[Ir].[Ir].[Ir]. The minimum Gasteiger partial charge on any atom is -0.464 e. The molecule has 645 valence electrons. The summed E-state index contributed by atoms with van der Waals surface area (Å²) in [7, 11) is 2.03. The number of thiazole rings is 3. The maximum absolute atomic E-state index is 13.6. The Balaban J connectivity index is 0.000000143. The van der Waals surface area contributed by atoms with Crippen molar-refractivity contribution in [3.8, 4) is 90.8 Å². The van der Waals surface area contributed by atoms with Crippen LogP contribution in [0.5, 0.6) is 0 Å². The van der Waals surface area contributed by atoms with E-state index in [4.69, 9.17) is 24.5 Å². The van der Waals surface area contributed by atoms with Gasteiger partial charge in [0.15, 0.2) is 6.39 Å². The van der Waals surface area contributed by atoms with Gasteiger partial charge in [0.25, 0.3) is 0 Å². The molecular formula is C94H79FIr5N22OS3-4. The zero-order valence-corrected chi connectivity index (χ0v) is 85.1. The zero-order chi connectivity index (χ0) is 84.1. The monoisotopic (exact) mass is 2610 g/mol. The summed E-state index contributed by atoms with van der Waals surface area (Å²) in [6, 6.07) is 65.5. The fourth-order valence-electron chi connectivity index (χ4n) is 15.2. The van der Waals surface area contributed by atoms with Crippen molar-refractivity contribution in [2.24, 2.45) is 7.05 Å². The van der Waals surface area contributed by atoms with Gasteiger partial charge in [0, 0.05) is 147 Å². The van der Waals surface area contributed by atoms with E-state index in [1.54, 1.807) is 53.1 Å². The maximum Gasteiger partial charge on any atom is 0.338 e. The van der Waals surface area contributed by atoms with Gasteiger partial charge in [-0.1, -0.05) is 138 Å². The molecule has 0 fully saturated rings. The molecule has 12 aromatic heterocycles. The van der Waals surface area contributed by atoms with E-state index in [1.807, 2.05) is 137 Å². The smallest absolute Gasteiger partial charge is 0.338 e. The molecule has 0 aliphatic heterocycles. The minimum atomic E-state index is -0.769. The van der Waals surface area contributed by atoms with Crippen molar-refractivity contribution in [3.63, 3.8) is 0 Å². The third-order valence-corrected chi connectivity index (χ3v) is 23.2. The van der Waals surface area contributed by atoms with Gasteiger partial charge < -0.3 is 14.0 Å². The molecule has 0 saturated heterocycles. The van der Waals surface area contributed by atoms with E-state index in [0.717, 1.165) is 161 Å².